The van der Waals surface area contributed by atoms with Gasteiger partial charge in [-0.05, 0) is 61.4 Å². The lowest BCUT2D eigenvalue weighted by Gasteiger charge is -2.31. The summed E-state index contributed by atoms with van der Waals surface area (Å²) >= 11 is 0. The van der Waals surface area contributed by atoms with E-state index in [4.69, 9.17) is 4.74 Å². The molecule has 2 aromatic carbocycles. The molecule has 0 unspecified atom stereocenters. The lowest BCUT2D eigenvalue weighted by Crippen LogP contribution is -2.36. The molecule has 4 rings (SSSR count). The molecule has 0 saturated carbocycles. The van der Waals surface area contributed by atoms with E-state index in [2.05, 4.69) is 6.07 Å². The Morgan fingerprint density at radius 2 is 1.71 bits per heavy atom. The third-order valence-corrected chi connectivity index (χ3v) is 8.12. The molecule has 1 saturated heterocycles. The summed E-state index contributed by atoms with van der Waals surface area (Å²) in [4.78, 5) is 15.2. The number of piperidine rings is 1. The van der Waals surface area contributed by atoms with Crippen molar-refractivity contribution in [1.82, 2.24) is 4.31 Å². The van der Waals surface area contributed by atoms with Crippen molar-refractivity contribution in [3.05, 3.63) is 53.6 Å². The zero-order chi connectivity index (χ0) is 21.8. The molecule has 0 atom stereocenters. The molecule has 2 aliphatic heterocycles. The van der Waals surface area contributed by atoms with Gasteiger partial charge < -0.3 is 9.64 Å². The van der Waals surface area contributed by atoms with E-state index in [9.17, 15) is 13.2 Å². The van der Waals surface area contributed by atoms with E-state index in [0.29, 0.717) is 37.4 Å². The summed E-state index contributed by atoms with van der Waals surface area (Å²) < 4.78 is 32.7. The molecular formula is C24H30N2O4S. The zero-order valence-electron chi connectivity index (χ0n) is 18.0. The van der Waals surface area contributed by atoms with Gasteiger partial charge in [0.2, 0.25) is 15.9 Å². The fourth-order valence-corrected chi connectivity index (χ4v) is 6.02. The van der Waals surface area contributed by atoms with Gasteiger partial charge in [-0.2, -0.15) is 4.31 Å². The summed E-state index contributed by atoms with van der Waals surface area (Å²) in [5.41, 5.74) is 3.00. The van der Waals surface area contributed by atoms with Crippen LogP contribution in [0.4, 0.5) is 5.69 Å². The van der Waals surface area contributed by atoms with Gasteiger partial charge in [-0.3, -0.25) is 4.79 Å². The molecule has 1 fully saturated rings. The van der Waals surface area contributed by atoms with Crippen molar-refractivity contribution in [1.29, 1.82) is 0 Å². The fourth-order valence-electron chi connectivity index (χ4n) is 4.50. The van der Waals surface area contributed by atoms with Gasteiger partial charge in [0.25, 0.3) is 0 Å². The minimum Gasteiger partial charge on any atom is -0.495 e. The van der Waals surface area contributed by atoms with Gasteiger partial charge in [0.1, 0.15) is 5.75 Å². The van der Waals surface area contributed by atoms with E-state index in [1.807, 2.05) is 29.2 Å². The van der Waals surface area contributed by atoms with Crippen LogP contribution in [0.15, 0.2) is 47.4 Å². The average Bonchev–Trinajstić information content (AvgIpc) is 2.82. The molecule has 2 aliphatic rings. The summed E-state index contributed by atoms with van der Waals surface area (Å²) in [6.07, 6.45) is 5.76. The normalized spacial score (nSPS) is 17.3. The van der Waals surface area contributed by atoms with Crippen LogP contribution < -0.4 is 9.64 Å². The smallest absolute Gasteiger partial charge is 0.243 e. The number of benzene rings is 2. The largest absolute Gasteiger partial charge is 0.495 e. The third kappa shape index (κ3) is 4.62. The molecule has 0 aromatic heterocycles. The van der Waals surface area contributed by atoms with Gasteiger partial charge in [-0.25, -0.2) is 8.42 Å². The van der Waals surface area contributed by atoms with E-state index < -0.39 is 10.0 Å². The third-order valence-electron chi connectivity index (χ3n) is 6.20. The van der Waals surface area contributed by atoms with Crippen LogP contribution in [0.5, 0.6) is 5.75 Å². The highest BCUT2D eigenvalue weighted by molar-refractivity contribution is 7.89. The Balaban J connectivity index is 1.42. The van der Waals surface area contributed by atoms with Crippen LogP contribution in [-0.2, 0) is 27.7 Å². The summed E-state index contributed by atoms with van der Waals surface area (Å²) in [7, 11) is -1.79. The Hall–Kier alpha value is -2.38. The first-order valence-electron chi connectivity index (χ1n) is 11.1. The Bertz CT molecular complexity index is 1010. The minimum absolute atomic E-state index is 0.0652. The van der Waals surface area contributed by atoms with Crippen molar-refractivity contribution in [3.63, 3.8) is 0 Å². The quantitative estimate of drug-likeness (QED) is 0.683. The number of hydrogen-bond acceptors (Lipinski definition) is 4. The van der Waals surface area contributed by atoms with Crippen LogP contribution in [0.25, 0.3) is 0 Å². The molecule has 6 nitrogen and oxygen atoms in total. The molecular weight excluding hydrogens is 412 g/mol. The van der Waals surface area contributed by atoms with Crippen molar-refractivity contribution in [2.75, 3.05) is 31.6 Å². The Morgan fingerprint density at radius 1 is 0.968 bits per heavy atom. The minimum atomic E-state index is -3.42. The summed E-state index contributed by atoms with van der Waals surface area (Å²) in [6.45, 7) is 1.89. The number of nitrogens with zero attached hydrogens (tertiary/aromatic N) is 2. The number of carbonyl (C=O) groups excluding carboxylic acids is 1. The van der Waals surface area contributed by atoms with E-state index in [0.717, 1.165) is 54.7 Å². The summed E-state index contributed by atoms with van der Waals surface area (Å²) in [5, 5.41) is 0. The second kappa shape index (κ2) is 9.40. The molecule has 0 N–H and O–H groups in total. The highest BCUT2D eigenvalue weighted by Crippen LogP contribution is 2.36. The highest BCUT2D eigenvalue weighted by Gasteiger charge is 2.27. The number of hydrogen-bond donors (Lipinski definition) is 0. The lowest BCUT2D eigenvalue weighted by atomic mass is 10.00. The second-order valence-corrected chi connectivity index (χ2v) is 10.2. The Morgan fingerprint density at radius 3 is 2.42 bits per heavy atom. The molecule has 0 aliphatic carbocycles. The number of rotatable bonds is 6. The van der Waals surface area contributed by atoms with Gasteiger partial charge in [0, 0.05) is 26.1 Å². The van der Waals surface area contributed by atoms with E-state index >= 15 is 0 Å². The Labute approximate surface area is 184 Å². The monoisotopic (exact) mass is 442 g/mol. The first-order valence-corrected chi connectivity index (χ1v) is 12.5. The molecule has 166 valence electrons. The van der Waals surface area contributed by atoms with Crippen molar-refractivity contribution in [2.45, 2.75) is 49.8 Å². The molecule has 2 heterocycles. The summed E-state index contributed by atoms with van der Waals surface area (Å²) in [6, 6.07) is 12.9. The number of amides is 1. The van der Waals surface area contributed by atoms with E-state index in [-0.39, 0.29) is 5.91 Å². The maximum Gasteiger partial charge on any atom is 0.243 e. The number of ether oxygens (including phenoxy) is 1. The van der Waals surface area contributed by atoms with Crippen LogP contribution in [0.1, 0.15) is 43.2 Å². The lowest BCUT2D eigenvalue weighted by molar-refractivity contribution is -0.118. The number of carbonyl (C=O) groups is 1. The van der Waals surface area contributed by atoms with Crippen LogP contribution >= 0.6 is 0 Å². The zero-order valence-corrected chi connectivity index (χ0v) is 18.9. The number of aryl methyl sites for hydroxylation is 2. The first kappa shape index (κ1) is 21.8. The molecule has 1 amide bonds. The maximum absolute atomic E-state index is 13.0. The molecule has 7 heteroatoms. The molecule has 31 heavy (non-hydrogen) atoms. The number of para-hydroxylation sites is 1. The van der Waals surface area contributed by atoms with Crippen molar-refractivity contribution in [3.8, 4) is 5.75 Å². The van der Waals surface area contributed by atoms with Gasteiger partial charge in [0.05, 0.1) is 17.7 Å². The van der Waals surface area contributed by atoms with Gasteiger partial charge >= 0.3 is 0 Å². The molecule has 0 bridgehead atoms. The van der Waals surface area contributed by atoms with Gasteiger partial charge in [-0.15, -0.1) is 0 Å². The average molecular weight is 443 g/mol. The van der Waals surface area contributed by atoms with Crippen LogP contribution in [0, 0.1) is 0 Å². The van der Waals surface area contributed by atoms with Crippen molar-refractivity contribution in [2.24, 2.45) is 0 Å². The van der Waals surface area contributed by atoms with Crippen molar-refractivity contribution < 1.29 is 17.9 Å². The molecule has 0 radical (unpaired) electrons. The summed E-state index contributed by atoms with van der Waals surface area (Å²) in [5.74, 6) is 0.799. The van der Waals surface area contributed by atoms with Crippen LogP contribution in [0.2, 0.25) is 0 Å². The van der Waals surface area contributed by atoms with E-state index in [1.54, 1.807) is 23.5 Å². The van der Waals surface area contributed by atoms with Crippen molar-refractivity contribution >= 4 is 21.6 Å². The highest BCUT2D eigenvalue weighted by atomic mass is 32.2. The fraction of sp³-hybridized carbons (Fsp3) is 0.458. The van der Waals surface area contributed by atoms with Crippen LogP contribution in [0.3, 0.4) is 0 Å². The number of methoxy groups -OCH3 is 1. The molecule has 0 spiro atoms. The SMILES string of the molecule is COc1cccc2c1N(C(=O)CCc1ccc(S(=O)(=O)N3CCCCC3)cc1)CCC2. The topological polar surface area (TPSA) is 66.9 Å². The van der Waals surface area contributed by atoms with Gasteiger partial charge in [0.15, 0.2) is 0 Å². The maximum atomic E-state index is 13.0. The Kier molecular flexibility index (Phi) is 6.62. The standard InChI is InChI=1S/C24H30N2O4S/c1-30-22-9-5-7-20-8-6-18-26(24(20)22)23(27)15-12-19-10-13-21(14-11-19)31(28,29)25-16-3-2-4-17-25/h5,7,9-11,13-14H,2-4,6,8,12,15-18H2,1H3. The van der Waals surface area contributed by atoms with Crippen LogP contribution in [-0.4, -0.2) is 45.4 Å². The first-order chi connectivity index (χ1) is 15.0. The van der Waals surface area contributed by atoms with E-state index in [1.165, 1.54) is 0 Å². The predicted molar refractivity (Wildman–Crippen MR) is 121 cm³/mol. The molecule has 2 aromatic rings. The second-order valence-electron chi connectivity index (χ2n) is 8.23. The number of fused-ring (bicyclic) bond motifs is 1. The number of anilines is 1. The number of sulfonamides is 1. The van der Waals surface area contributed by atoms with Gasteiger partial charge in [-0.1, -0.05) is 30.7 Å². The predicted octanol–water partition coefficient (Wildman–Crippen LogP) is 3.78.